The Hall–Kier alpha value is -3.36. The van der Waals surface area contributed by atoms with Crippen LogP contribution in [-0.2, 0) is 0 Å². The van der Waals surface area contributed by atoms with Gasteiger partial charge in [-0.05, 0) is 35.2 Å². The van der Waals surface area contributed by atoms with Gasteiger partial charge in [0.2, 0.25) is 0 Å². The lowest BCUT2D eigenvalue weighted by atomic mass is 10.0. The highest BCUT2D eigenvalue weighted by atomic mass is 19.1. The number of hydrogen-bond acceptors (Lipinski definition) is 4. The number of rotatable bonds is 5. The molecule has 4 atom stereocenters. The van der Waals surface area contributed by atoms with Gasteiger partial charge >= 0.3 is 0 Å². The summed E-state index contributed by atoms with van der Waals surface area (Å²) in [5.74, 6) is 1.12. The molecule has 2 aliphatic heterocycles. The monoisotopic (exact) mass is 460 g/mol. The van der Waals surface area contributed by atoms with E-state index >= 15 is 0 Å². The van der Waals surface area contributed by atoms with Gasteiger partial charge < -0.3 is 20.6 Å². The van der Waals surface area contributed by atoms with Crippen LogP contribution in [0.15, 0.2) is 60.9 Å². The molecular formula is C26H26F2N6. The molecule has 1 unspecified atom stereocenters. The van der Waals surface area contributed by atoms with E-state index < -0.39 is 12.3 Å². The Morgan fingerprint density at radius 2 is 1.24 bits per heavy atom. The number of nitrogens with one attached hydrogen (secondary N) is 4. The van der Waals surface area contributed by atoms with E-state index in [9.17, 15) is 8.78 Å². The number of aromatic nitrogens is 4. The van der Waals surface area contributed by atoms with E-state index in [1.165, 1.54) is 0 Å². The van der Waals surface area contributed by atoms with Crippen LogP contribution >= 0.6 is 0 Å². The fraction of sp³-hybridized carbons (Fsp3) is 0.308. The highest BCUT2D eigenvalue weighted by Crippen LogP contribution is 2.30. The van der Waals surface area contributed by atoms with Gasteiger partial charge in [-0.25, -0.2) is 18.7 Å². The molecule has 6 nitrogen and oxygen atoms in total. The zero-order chi connectivity index (χ0) is 23.1. The van der Waals surface area contributed by atoms with E-state index in [0.29, 0.717) is 37.7 Å². The Kier molecular flexibility index (Phi) is 5.47. The van der Waals surface area contributed by atoms with Crippen molar-refractivity contribution in [3.63, 3.8) is 0 Å². The average Bonchev–Trinajstić information content (AvgIpc) is 3.66. The minimum atomic E-state index is -0.905. The normalized spacial score (nSPS) is 24.6. The summed E-state index contributed by atoms with van der Waals surface area (Å²) in [6, 6.07) is 16.1. The van der Waals surface area contributed by atoms with Gasteiger partial charge in [-0.15, -0.1) is 0 Å². The molecule has 0 spiro atoms. The van der Waals surface area contributed by atoms with Crippen LogP contribution in [0.2, 0.25) is 0 Å². The summed E-state index contributed by atoms with van der Waals surface area (Å²) in [4.78, 5) is 15.3. The highest BCUT2D eigenvalue weighted by molar-refractivity contribution is 5.71. The van der Waals surface area contributed by atoms with Crippen molar-refractivity contribution in [1.82, 2.24) is 30.6 Å². The summed E-state index contributed by atoms with van der Waals surface area (Å²) in [7, 11) is 0. The quantitative estimate of drug-likeness (QED) is 0.353. The summed E-state index contributed by atoms with van der Waals surface area (Å²) < 4.78 is 28.0. The van der Waals surface area contributed by atoms with Crippen molar-refractivity contribution < 1.29 is 8.78 Å². The van der Waals surface area contributed by atoms with Crippen molar-refractivity contribution in [2.24, 2.45) is 0 Å². The lowest BCUT2D eigenvalue weighted by Gasteiger charge is -2.09. The molecule has 0 radical (unpaired) electrons. The maximum absolute atomic E-state index is 14.0. The summed E-state index contributed by atoms with van der Waals surface area (Å²) in [6.07, 6.45) is 2.24. The first-order valence-corrected chi connectivity index (χ1v) is 11.7. The smallest absolute Gasteiger partial charge is 0.126 e. The minimum absolute atomic E-state index is 0.217. The summed E-state index contributed by atoms with van der Waals surface area (Å²) in [5.41, 5.74) is 5.97. The first-order chi connectivity index (χ1) is 16.7. The van der Waals surface area contributed by atoms with Gasteiger partial charge in [0.1, 0.15) is 24.0 Å². The molecule has 2 saturated heterocycles. The van der Waals surface area contributed by atoms with Crippen LogP contribution in [0.1, 0.15) is 30.0 Å². The lowest BCUT2D eigenvalue weighted by Crippen LogP contribution is -2.19. The van der Waals surface area contributed by atoms with Crippen LogP contribution in [-0.4, -0.2) is 51.9 Å². The van der Waals surface area contributed by atoms with Crippen molar-refractivity contribution >= 4 is 0 Å². The molecule has 0 amide bonds. The number of hydrogen-bond donors (Lipinski definition) is 4. The third-order valence-electron chi connectivity index (χ3n) is 6.85. The van der Waals surface area contributed by atoms with Crippen LogP contribution in [0.3, 0.4) is 0 Å². The van der Waals surface area contributed by atoms with E-state index in [-0.39, 0.29) is 12.0 Å². The molecule has 2 fully saturated rings. The number of H-pyrrole nitrogens is 2. The topological polar surface area (TPSA) is 81.4 Å². The van der Waals surface area contributed by atoms with Crippen molar-refractivity contribution in [2.75, 3.05) is 19.6 Å². The van der Waals surface area contributed by atoms with Gasteiger partial charge in [0, 0.05) is 13.1 Å². The van der Waals surface area contributed by atoms with E-state index in [1.54, 1.807) is 12.4 Å². The van der Waals surface area contributed by atoms with E-state index in [0.717, 1.165) is 33.6 Å². The molecule has 4 N–H and O–H groups in total. The van der Waals surface area contributed by atoms with Gasteiger partial charge in [-0.2, -0.15) is 0 Å². The number of alkyl halides is 2. The number of benzene rings is 2. The molecule has 174 valence electrons. The number of aromatic amines is 2. The van der Waals surface area contributed by atoms with Crippen molar-refractivity contribution in [2.45, 2.75) is 30.7 Å². The van der Waals surface area contributed by atoms with Crippen LogP contribution < -0.4 is 10.6 Å². The Labute approximate surface area is 196 Å². The second-order valence-electron chi connectivity index (χ2n) is 9.04. The molecule has 6 rings (SSSR count). The molecule has 4 aromatic rings. The zero-order valence-electron chi connectivity index (χ0n) is 18.6. The van der Waals surface area contributed by atoms with Crippen LogP contribution in [0.25, 0.3) is 33.6 Å². The van der Waals surface area contributed by atoms with Gasteiger partial charge in [0.05, 0.1) is 35.7 Å². The van der Waals surface area contributed by atoms with E-state index in [4.69, 9.17) is 0 Å². The predicted molar refractivity (Wildman–Crippen MR) is 128 cm³/mol. The van der Waals surface area contributed by atoms with E-state index in [2.05, 4.69) is 54.8 Å². The molecule has 34 heavy (non-hydrogen) atoms. The Balaban J connectivity index is 1.16. The largest absolute Gasteiger partial charge is 0.342 e. The number of halogens is 2. The summed E-state index contributed by atoms with van der Waals surface area (Å²) in [5, 5.41) is 6.22. The fourth-order valence-corrected chi connectivity index (χ4v) is 4.85. The molecule has 4 heterocycles. The molecule has 2 aliphatic rings. The lowest BCUT2D eigenvalue weighted by molar-refractivity contribution is 0.298. The average molecular weight is 461 g/mol. The van der Waals surface area contributed by atoms with Gasteiger partial charge in [0.25, 0.3) is 0 Å². The fourth-order valence-electron chi connectivity index (χ4n) is 4.85. The van der Waals surface area contributed by atoms with E-state index in [1.807, 2.05) is 24.3 Å². The highest BCUT2D eigenvalue weighted by Gasteiger charge is 2.31. The maximum atomic E-state index is 14.0. The third-order valence-corrected chi connectivity index (χ3v) is 6.85. The number of imidazole rings is 2. The number of nitrogens with zero attached hydrogens (tertiary/aromatic N) is 2. The van der Waals surface area contributed by atoms with Gasteiger partial charge in [-0.3, -0.25) is 0 Å². The third kappa shape index (κ3) is 3.93. The summed E-state index contributed by atoms with van der Waals surface area (Å²) >= 11 is 0. The Morgan fingerprint density at radius 3 is 1.76 bits per heavy atom. The predicted octanol–water partition coefficient (Wildman–Crippen LogP) is 4.53. The molecule has 2 aromatic heterocycles. The second kappa shape index (κ2) is 8.77. The molecular weight excluding hydrogens is 434 g/mol. The van der Waals surface area contributed by atoms with Crippen molar-refractivity contribution in [3.05, 3.63) is 72.6 Å². The van der Waals surface area contributed by atoms with Gasteiger partial charge in [0.15, 0.2) is 0 Å². The summed E-state index contributed by atoms with van der Waals surface area (Å²) in [6.45, 7) is 1.66. The molecule has 8 heteroatoms. The van der Waals surface area contributed by atoms with Crippen LogP contribution in [0.4, 0.5) is 8.78 Å². The molecule has 0 saturated carbocycles. The first-order valence-electron chi connectivity index (χ1n) is 11.7. The second-order valence-corrected chi connectivity index (χ2v) is 9.04. The van der Waals surface area contributed by atoms with Crippen molar-refractivity contribution in [3.8, 4) is 33.6 Å². The minimum Gasteiger partial charge on any atom is -0.342 e. The standard InChI is InChI=1S/C26H26F2N6/c27-20-9-10-30-24(20)26-32-14-23(34-26)18-7-3-16(4-8-18)15-1-5-17(6-2-15)22-13-31-25(33-22)19-11-29-12-21(19)28/h1-8,13-14,19-21,24,29-30H,9-12H2,(H,31,33)(H,32,34)/t19-,20-,21-,24?/m0/s1. The van der Waals surface area contributed by atoms with Crippen LogP contribution in [0.5, 0.6) is 0 Å². The maximum Gasteiger partial charge on any atom is 0.126 e. The Bertz CT molecular complexity index is 1160. The molecule has 0 aliphatic carbocycles. The van der Waals surface area contributed by atoms with Crippen LogP contribution in [0, 0.1) is 0 Å². The first kappa shape index (κ1) is 21.2. The molecule has 0 bridgehead atoms. The SMILES string of the molecule is F[C@H]1CCNC1c1ncc(-c2ccc(-c3ccc(-c4cnc([C@H]5CNC[C@@H]5F)[nH]4)cc3)cc2)[nH]1. The van der Waals surface area contributed by atoms with Crippen molar-refractivity contribution in [1.29, 1.82) is 0 Å². The zero-order valence-corrected chi connectivity index (χ0v) is 18.6. The Morgan fingerprint density at radius 1 is 0.676 bits per heavy atom. The van der Waals surface area contributed by atoms with Gasteiger partial charge in [-0.1, -0.05) is 48.5 Å². The molecule has 2 aromatic carbocycles.